The van der Waals surface area contributed by atoms with Crippen molar-refractivity contribution in [1.29, 1.82) is 5.26 Å². The molecule has 2 aromatic rings. The van der Waals surface area contributed by atoms with E-state index in [-0.39, 0.29) is 6.61 Å². The van der Waals surface area contributed by atoms with Crippen LogP contribution in [0, 0.1) is 11.3 Å². The molecular weight excluding hydrogens is 304 g/mol. The Morgan fingerprint density at radius 3 is 2.74 bits per heavy atom. The highest BCUT2D eigenvalue weighted by molar-refractivity contribution is 9.10. The molecule has 2 rings (SSSR count). The molecule has 0 unspecified atom stereocenters. The van der Waals surface area contributed by atoms with Crippen molar-refractivity contribution in [1.82, 2.24) is 0 Å². The van der Waals surface area contributed by atoms with E-state index in [1.807, 2.05) is 48.3 Å². The standard InChI is InChI=1S/C15H13BrN2O/c1-18(14-4-2-3-11(7-14)9-17)15-6-5-13(16)8-12(15)10-19/h2-8,19H,10H2,1H3. The van der Waals surface area contributed by atoms with Gasteiger partial charge in [0.05, 0.1) is 18.2 Å². The summed E-state index contributed by atoms with van der Waals surface area (Å²) in [5, 5.41) is 18.4. The Hall–Kier alpha value is -1.83. The Morgan fingerprint density at radius 2 is 2.05 bits per heavy atom. The molecule has 3 nitrogen and oxygen atoms in total. The van der Waals surface area contributed by atoms with Gasteiger partial charge in [0.15, 0.2) is 0 Å². The maximum Gasteiger partial charge on any atom is 0.0992 e. The number of hydrogen-bond acceptors (Lipinski definition) is 3. The minimum Gasteiger partial charge on any atom is -0.392 e. The number of nitrogens with zero attached hydrogens (tertiary/aromatic N) is 2. The van der Waals surface area contributed by atoms with E-state index in [4.69, 9.17) is 5.26 Å². The minimum absolute atomic E-state index is 0.0307. The lowest BCUT2D eigenvalue weighted by molar-refractivity contribution is 0.282. The summed E-state index contributed by atoms with van der Waals surface area (Å²) in [6.45, 7) is -0.0307. The normalized spacial score (nSPS) is 10.0. The monoisotopic (exact) mass is 316 g/mol. The van der Waals surface area contributed by atoms with Gasteiger partial charge in [-0.3, -0.25) is 0 Å². The average Bonchev–Trinajstić information content (AvgIpc) is 2.46. The summed E-state index contributed by atoms with van der Waals surface area (Å²) in [5.41, 5.74) is 3.28. The predicted molar refractivity (Wildman–Crippen MR) is 79.3 cm³/mol. The molecule has 4 heteroatoms. The quantitative estimate of drug-likeness (QED) is 0.941. The lowest BCUT2D eigenvalue weighted by Crippen LogP contribution is -2.12. The van der Waals surface area contributed by atoms with Crippen LogP contribution in [0.4, 0.5) is 11.4 Å². The molecule has 0 saturated heterocycles. The van der Waals surface area contributed by atoms with E-state index in [0.717, 1.165) is 21.4 Å². The zero-order valence-electron chi connectivity index (χ0n) is 10.5. The Labute approximate surface area is 120 Å². The SMILES string of the molecule is CN(c1cccc(C#N)c1)c1ccc(Br)cc1CO. The lowest BCUT2D eigenvalue weighted by atomic mass is 10.1. The Balaban J connectivity index is 2.43. The molecule has 0 atom stereocenters. The summed E-state index contributed by atoms with van der Waals surface area (Å²) < 4.78 is 0.930. The van der Waals surface area contributed by atoms with Gasteiger partial charge in [-0.1, -0.05) is 22.0 Å². The number of aliphatic hydroxyl groups excluding tert-OH is 1. The largest absolute Gasteiger partial charge is 0.392 e. The molecule has 0 aliphatic heterocycles. The van der Waals surface area contributed by atoms with Gasteiger partial charge in [0.25, 0.3) is 0 Å². The van der Waals surface area contributed by atoms with Crippen LogP contribution in [0.1, 0.15) is 11.1 Å². The molecule has 0 bridgehead atoms. The molecule has 19 heavy (non-hydrogen) atoms. The smallest absolute Gasteiger partial charge is 0.0992 e. The average molecular weight is 317 g/mol. The molecule has 0 aromatic heterocycles. The summed E-state index contributed by atoms with van der Waals surface area (Å²) in [6.07, 6.45) is 0. The number of benzene rings is 2. The fourth-order valence-electron chi connectivity index (χ4n) is 1.93. The van der Waals surface area contributed by atoms with Crippen molar-refractivity contribution in [2.24, 2.45) is 0 Å². The molecule has 0 amide bonds. The first-order valence-corrected chi connectivity index (χ1v) is 6.58. The van der Waals surface area contributed by atoms with Gasteiger partial charge in [0.1, 0.15) is 0 Å². The van der Waals surface area contributed by atoms with Crippen LogP contribution in [0.15, 0.2) is 46.9 Å². The highest BCUT2D eigenvalue weighted by Crippen LogP contribution is 2.29. The summed E-state index contributed by atoms with van der Waals surface area (Å²) in [6, 6.07) is 15.3. The van der Waals surface area contributed by atoms with Crippen LogP contribution in [0.2, 0.25) is 0 Å². The fraction of sp³-hybridized carbons (Fsp3) is 0.133. The van der Waals surface area contributed by atoms with Gasteiger partial charge in [-0.15, -0.1) is 0 Å². The van der Waals surface area contributed by atoms with Crippen LogP contribution in [0.3, 0.4) is 0 Å². The topological polar surface area (TPSA) is 47.3 Å². The number of halogens is 1. The maximum absolute atomic E-state index is 9.44. The van der Waals surface area contributed by atoms with E-state index in [1.165, 1.54) is 0 Å². The molecule has 0 fully saturated rings. The first-order chi connectivity index (χ1) is 9.15. The molecule has 2 aromatic carbocycles. The molecule has 0 aliphatic rings. The number of rotatable bonds is 3. The Morgan fingerprint density at radius 1 is 1.26 bits per heavy atom. The van der Waals surface area contributed by atoms with Crippen molar-refractivity contribution >= 4 is 27.3 Å². The maximum atomic E-state index is 9.44. The zero-order chi connectivity index (χ0) is 13.8. The molecular formula is C15H13BrN2O. The van der Waals surface area contributed by atoms with Gasteiger partial charge in [0, 0.05) is 28.5 Å². The van der Waals surface area contributed by atoms with Crippen molar-refractivity contribution in [2.45, 2.75) is 6.61 Å². The highest BCUT2D eigenvalue weighted by atomic mass is 79.9. The molecule has 0 saturated carbocycles. The molecule has 1 N–H and O–H groups in total. The van der Waals surface area contributed by atoms with E-state index in [9.17, 15) is 5.11 Å². The number of hydrogen-bond donors (Lipinski definition) is 1. The van der Waals surface area contributed by atoms with Gasteiger partial charge < -0.3 is 10.0 Å². The minimum atomic E-state index is -0.0307. The van der Waals surface area contributed by atoms with Crippen LogP contribution < -0.4 is 4.90 Å². The van der Waals surface area contributed by atoms with Crippen molar-refractivity contribution in [2.75, 3.05) is 11.9 Å². The van der Waals surface area contributed by atoms with Gasteiger partial charge in [-0.05, 0) is 36.4 Å². The Kier molecular flexibility index (Phi) is 4.20. The summed E-state index contributed by atoms with van der Waals surface area (Å²) in [5.74, 6) is 0. The van der Waals surface area contributed by atoms with Crippen molar-refractivity contribution < 1.29 is 5.11 Å². The van der Waals surface area contributed by atoms with Gasteiger partial charge in [-0.25, -0.2) is 0 Å². The highest BCUT2D eigenvalue weighted by Gasteiger charge is 2.09. The van der Waals surface area contributed by atoms with Gasteiger partial charge in [-0.2, -0.15) is 5.26 Å². The van der Waals surface area contributed by atoms with Crippen LogP contribution in [0.5, 0.6) is 0 Å². The number of aliphatic hydroxyl groups is 1. The second-order valence-electron chi connectivity index (χ2n) is 4.15. The first kappa shape index (κ1) is 13.6. The third kappa shape index (κ3) is 2.95. The van der Waals surface area contributed by atoms with E-state index < -0.39 is 0 Å². The van der Waals surface area contributed by atoms with Crippen molar-refractivity contribution in [3.05, 3.63) is 58.1 Å². The first-order valence-electron chi connectivity index (χ1n) is 5.79. The van der Waals surface area contributed by atoms with Crippen LogP contribution >= 0.6 is 15.9 Å². The zero-order valence-corrected chi connectivity index (χ0v) is 12.1. The van der Waals surface area contributed by atoms with E-state index in [1.54, 1.807) is 6.07 Å². The third-order valence-electron chi connectivity index (χ3n) is 2.94. The van der Waals surface area contributed by atoms with E-state index in [0.29, 0.717) is 5.56 Å². The van der Waals surface area contributed by atoms with E-state index >= 15 is 0 Å². The predicted octanol–water partition coefficient (Wildman–Crippen LogP) is 3.58. The van der Waals surface area contributed by atoms with E-state index in [2.05, 4.69) is 22.0 Å². The summed E-state index contributed by atoms with van der Waals surface area (Å²) in [4.78, 5) is 1.96. The third-order valence-corrected chi connectivity index (χ3v) is 3.43. The van der Waals surface area contributed by atoms with Gasteiger partial charge >= 0.3 is 0 Å². The molecule has 0 radical (unpaired) electrons. The second-order valence-corrected chi connectivity index (χ2v) is 5.07. The molecule has 96 valence electrons. The number of anilines is 2. The second kappa shape index (κ2) is 5.87. The van der Waals surface area contributed by atoms with Gasteiger partial charge in [0.2, 0.25) is 0 Å². The summed E-state index contributed by atoms with van der Waals surface area (Å²) >= 11 is 3.39. The van der Waals surface area contributed by atoms with Crippen LogP contribution in [0.25, 0.3) is 0 Å². The molecule has 0 spiro atoms. The van der Waals surface area contributed by atoms with Crippen LogP contribution in [-0.4, -0.2) is 12.2 Å². The fourth-order valence-corrected chi connectivity index (χ4v) is 2.34. The lowest BCUT2D eigenvalue weighted by Gasteiger charge is -2.22. The van der Waals surface area contributed by atoms with Crippen molar-refractivity contribution in [3.8, 4) is 6.07 Å². The Bertz CT molecular complexity index is 634. The molecule has 0 heterocycles. The summed E-state index contributed by atoms with van der Waals surface area (Å²) in [7, 11) is 1.92. The van der Waals surface area contributed by atoms with Crippen molar-refractivity contribution in [3.63, 3.8) is 0 Å². The van der Waals surface area contributed by atoms with Crippen LogP contribution in [-0.2, 0) is 6.61 Å². The number of nitriles is 1. The molecule has 0 aliphatic carbocycles.